The number of carbonyl (C=O) groups is 1. The van der Waals surface area contributed by atoms with Gasteiger partial charge in [0, 0.05) is 34.5 Å². The third-order valence-electron chi connectivity index (χ3n) is 1.40. The van der Waals surface area contributed by atoms with Crippen LogP contribution in [-0.2, 0) is 4.79 Å². The molecule has 0 aliphatic carbocycles. The summed E-state index contributed by atoms with van der Waals surface area (Å²) in [5.41, 5.74) is 0. The van der Waals surface area contributed by atoms with Crippen LogP contribution in [0.4, 0.5) is 0 Å². The van der Waals surface area contributed by atoms with Crippen LogP contribution in [0, 0.1) is 0 Å². The standard InChI is InChI=1S/C9H18O2S4/c1-12-2-3-13-4-5-14-6-7-15-8-9(10)11/h2-8H2,1H3,(H,10,11). The first-order valence-corrected chi connectivity index (χ1v) is 9.57. The largest absolute Gasteiger partial charge is 0.481 e. The highest BCUT2D eigenvalue weighted by Gasteiger charge is 1.96. The number of hydrogen-bond acceptors (Lipinski definition) is 5. The maximum absolute atomic E-state index is 10.2. The molecule has 6 heteroatoms. The molecule has 0 aromatic carbocycles. The minimum absolute atomic E-state index is 0.239. The zero-order chi connectivity index (χ0) is 11.4. The van der Waals surface area contributed by atoms with Crippen LogP contribution >= 0.6 is 47.0 Å². The van der Waals surface area contributed by atoms with E-state index >= 15 is 0 Å². The molecular formula is C9H18O2S4. The van der Waals surface area contributed by atoms with E-state index < -0.39 is 5.97 Å². The Hall–Kier alpha value is 0.870. The first-order valence-electron chi connectivity index (χ1n) is 4.71. The smallest absolute Gasteiger partial charge is 0.313 e. The van der Waals surface area contributed by atoms with Crippen LogP contribution in [-0.4, -0.2) is 57.6 Å². The Morgan fingerprint density at radius 3 is 1.87 bits per heavy atom. The van der Waals surface area contributed by atoms with Crippen molar-refractivity contribution < 1.29 is 9.90 Å². The third kappa shape index (κ3) is 14.9. The van der Waals surface area contributed by atoms with E-state index in [1.54, 1.807) is 0 Å². The van der Waals surface area contributed by atoms with Crippen LogP contribution < -0.4 is 0 Å². The molecule has 0 bridgehead atoms. The van der Waals surface area contributed by atoms with Gasteiger partial charge in [0.15, 0.2) is 0 Å². The van der Waals surface area contributed by atoms with E-state index in [1.807, 2.05) is 35.3 Å². The highest BCUT2D eigenvalue weighted by Crippen LogP contribution is 2.10. The molecule has 15 heavy (non-hydrogen) atoms. The van der Waals surface area contributed by atoms with Crippen molar-refractivity contribution in [3.05, 3.63) is 0 Å². The predicted molar refractivity (Wildman–Crippen MR) is 78.0 cm³/mol. The molecule has 0 radical (unpaired) electrons. The molecule has 90 valence electrons. The van der Waals surface area contributed by atoms with Crippen molar-refractivity contribution >= 4 is 53.0 Å². The van der Waals surface area contributed by atoms with Gasteiger partial charge < -0.3 is 5.11 Å². The minimum atomic E-state index is -0.711. The summed E-state index contributed by atoms with van der Waals surface area (Å²) in [6, 6.07) is 0. The van der Waals surface area contributed by atoms with Crippen LogP contribution in [0.1, 0.15) is 0 Å². The van der Waals surface area contributed by atoms with Crippen molar-refractivity contribution in [1.29, 1.82) is 0 Å². The number of hydrogen-bond donors (Lipinski definition) is 1. The van der Waals surface area contributed by atoms with Crippen LogP contribution in [0.25, 0.3) is 0 Å². The summed E-state index contributed by atoms with van der Waals surface area (Å²) in [6.07, 6.45) is 2.13. The van der Waals surface area contributed by atoms with Crippen LogP contribution in [0.15, 0.2) is 0 Å². The minimum Gasteiger partial charge on any atom is -0.481 e. The zero-order valence-corrected chi connectivity index (χ0v) is 12.2. The topological polar surface area (TPSA) is 37.3 Å². The quantitative estimate of drug-likeness (QED) is 0.589. The van der Waals surface area contributed by atoms with Gasteiger partial charge in [-0.2, -0.15) is 35.3 Å². The molecule has 0 rings (SSSR count). The molecule has 0 aromatic rings. The molecule has 1 N–H and O–H groups in total. The first kappa shape index (κ1) is 15.9. The molecule has 0 saturated heterocycles. The Balaban J connectivity index is 2.89. The number of thioether (sulfide) groups is 4. The van der Waals surface area contributed by atoms with Gasteiger partial charge in [-0.1, -0.05) is 0 Å². The summed E-state index contributed by atoms with van der Waals surface area (Å²) in [6.45, 7) is 0. The van der Waals surface area contributed by atoms with Gasteiger partial charge in [0.05, 0.1) is 5.75 Å². The second-order valence-electron chi connectivity index (χ2n) is 2.66. The molecule has 0 aliphatic heterocycles. The monoisotopic (exact) mass is 286 g/mol. The van der Waals surface area contributed by atoms with Crippen LogP contribution in [0.2, 0.25) is 0 Å². The lowest BCUT2D eigenvalue weighted by Crippen LogP contribution is -2.00. The first-order chi connectivity index (χ1) is 7.27. The van der Waals surface area contributed by atoms with Crippen molar-refractivity contribution in [3.63, 3.8) is 0 Å². The summed E-state index contributed by atoms with van der Waals surface area (Å²) in [4.78, 5) is 10.2. The van der Waals surface area contributed by atoms with E-state index in [9.17, 15) is 4.79 Å². The summed E-state index contributed by atoms with van der Waals surface area (Å²) in [5.74, 6) is 6.44. The third-order valence-corrected chi connectivity index (χ3v) is 5.70. The molecular weight excluding hydrogens is 268 g/mol. The van der Waals surface area contributed by atoms with E-state index in [0.717, 1.165) is 11.5 Å². The SMILES string of the molecule is CSCCSCCSCCSCC(=O)O. The fourth-order valence-electron chi connectivity index (χ4n) is 0.742. The molecule has 0 fully saturated rings. The van der Waals surface area contributed by atoms with Crippen molar-refractivity contribution in [1.82, 2.24) is 0 Å². The van der Waals surface area contributed by atoms with Crippen LogP contribution in [0.5, 0.6) is 0 Å². The fraction of sp³-hybridized carbons (Fsp3) is 0.889. The fourth-order valence-corrected chi connectivity index (χ4v) is 4.49. The Morgan fingerprint density at radius 1 is 0.933 bits per heavy atom. The second kappa shape index (κ2) is 12.9. The summed E-state index contributed by atoms with van der Waals surface area (Å²) in [7, 11) is 0. The molecule has 0 saturated carbocycles. The molecule has 0 spiro atoms. The van der Waals surface area contributed by atoms with Gasteiger partial charge >= 0.3 is 5.97 Å². The molecule has 0 aromatic heterocycles. The Morgan fingerprint density at radius 2 is 1.40 bits per heavy atom. The lowest BCUT2D eigenvalue weighted by atomic mass is 10.8. The Labute approximate surface area is 109 Å². The summed E-state index contributed by atoms with van der Waals surface area (Å²) in [5, 5.41) is 8.40. The highest BCUT2D eigenvalue weighted by atomic mass is 32.2. The average molecular weight is 287 g/mol. The number of rotatable bonds is 11. The van der Waals surface area contributed by atoms with Gasteiger partial charge in [-0.25, -0.2) is 0 Å². The lowest BCUT2D eigenvalue weighted by molar-refractivity contribution is -0.133. The maximum atomic E-state index is 10.2. The summed E-state index contributed by atoms with van der Waals surface area (Å²) < 4.78 is 0. The van der Waals surface area contributed by atoms with Crippen molar-refractivity contribution in [3.8, 4) is 0 Å². The van der Waals surface area contributed by atoms with Gasteiger partial charge in [0.2, 0.25) is 0 Å². The van der Waals surface area contributed by atoms with Gasteiger partial charge in [0.25, 0.3) is 0 Å². The van der Waals surface area contributed by atoms with E-state index in [-0.39, 0.29) is 5.75 Å². The van der Waals surface area contributed by atoms with Gasteiger partial charge in [0.1, 0.15) is 0 Å². The molecule has 0 unspecified atom stereocenters. The molecule has 0 amide bonds. The number of carboxylic acid groups (broad SMARTS) is 1. The van der Waals surface area contributed by atoms with Crippen molar-refractivity contribution in [2.45, 2.75) is 0 Å². The summed E-state index contributed by atoms with van der Waals surface area (Å²) >= 11 is 7.32. The normalized spacial score (nSPS) is 10.5. The average Bonchev–Trinajstić information content (AvgIpc) is 2.20. The molecule has 0 aliphatic rings. The van der Waals surface area contributed by atoms with E-state index in [0.29, 0.717) is 0 Å². The highest BCUT2D eigenvalue weighted by molar-refractivity contribution is 8.05. The molecule has 2 nitrogen and oxygen atoms in total. The van der Waals surface area contributed by atoms with Gasteiger partial charge in [-0.3, -0.25) is 4.79 Å². The Kier molecular flexibility index (Phi) is 13.7. The molecule has 0 atom stereocenters. The number of carboxylic acids is 1. The van der Waals surface area contributed by atoms with Gasteiger partial charge in [-0.05, 0) is 6.26 Å². The van der Waals surface area contributed by atoms with E-state index in [1.165, 1.54) is 34.8 Å². The lowest BCUT2D eigenvalue weighted by Gasteiger charge is -2.01. The Bertz CT molecular complexity index is 155. The van der Waals surface area contributed by atoms with Crippen molar-refractivity contribution in [2.75, 3.05) is 46.5 Å². The van der Waals surface area contributed by atoms with E-state index in [4.69, 9.17) is 5.11 Å². The maximum Gasteiger partial charge on any atom is 0.313 e. The number of aliphatic carboxylic acids is 1. The van der Waals surface area contributed by atoms with Crippen molar-refractivity contribution in [2.24, 2.45) is 0 Å². The second-order valence-corrected chi connectivity index (χ2v) is 7.20. The van der Waals surface area contributed by atoms with E-state index in [2.05, 4.69) is 6.26 Å². The van der Waals surface area contributed by atoms with Crippen LogP contribution in [0.3, 0.4) is 0 Å². The zero-order valence-electron chi connectivity index (χ0n) is 8.94. The van der Waals surface area contributed by atoms with Gasteiger partial charge in [-0.15, -0.1) is 11.8 Å². The molecule has 0 heterocycles. The predicted octanol–water partition coefficient (Wildman–Crippen LogP) is 2.63.